The molecule has 138 valence electrons. The van der Waals surface area contributed by atoms with Crippen molar-refractivity contribution in [2.75, 3.05) is 31.1 Å². The normalized spacial score (nSPS) is 19.8. The van der Waals surface area contributed by atoms with E-state index in [0.717, 1.165) is 36.8 Å². The molecule has 2 amide bonds. The monoisotopic (exact) mass is 373 g/mol. The lowest BCUT2D eigenvalue weighted by Crippen LogP contribution is -2.39. The van der Waals surface area contributed by atoms with E-state index >= 15 is 0 Å². The predicted octanol–water partition coefficient (Wildman–Crippen LogP) is 2.50. The smallest absolute Gasteiger partial charge is 0.317 e. The van der Waals surface area contributed by atoms with Gasteiger partial charge in [0.15, 0.2) is 11.6 Å². The van der Waals surface area contributed by atoms with Crippen LogP contribution in [0.2, 0.25) is 0 Å². The number of carbonyl (C=O) groups is 1. The molecule has 2 aromatic rings. The number of aromatic nitrogens is 2. The number of carbonyl (C=O) groups excluding carboxylic acids is 1. The van der Waals surface area contributed by atoms with Crippen molar-refractivity contribution in [2.24, 2.45) is 0 Å². The highest BCUT2D eigenvalue weighted by Crippen LogP contribution is 2.30. The van der Waals surface area contributed by atoms with Crippen LogP contribution in [0.4, 0.5) is 10.6 Å². The number of nitrogens with one attached hydrogen (secondary N) is 1. The lowest BCUT2D eigenvalue weighted by atomic mass is 10.3. The summed E-state index contributed by atoms with van der Waals surface area (Å²) in [6.07, 6.45) is 5.05. The summed E-state index contributed by atoms with van der Waals surface area (Å²) in [5.74, 6) is 1.75. The standard InChI is InChI=1S/C18H23N5O2S/c24-18(20-10-14-12-26-13-21-14)23-9-5-15(11-23)25-16-4-3-6-19-17(16)22-7-1-2-8-22/h3-4,6,12-13,15H,1-2,5,7-11H2,(H,20,24)/t15-/m0/s1. The van der Waals surface area contributed by atoms with Crippen LogP contribution in [0.1, 0.15) is 25.0 Å². The third-order valence-electron chi connectivity index (χ3n) is 4.79. The van der Waals surface area contributed by atoms with Gasteiger partial charge >= 0.3 is 6.03 Å². The Labute approximate surface area is 157 Å². The van der Waals surface area contributed by atoms with Gasteiger partial charge in [-0.15, -0.1) is 11.3 Å². The van der Waals surface area contributed by atoms with Crippen LogP contribution >= 0.6 is 11.3 Å². The summed E-state index contributed by atoms with van der Waals surface area (Å²) in [4.78, 5) is 25.1. The number of rotatable bonds is 5. The third kappa shape index (κ3) is 3.90. The molecular weight excluding hydrogens is 350 g/mol. The number of hydrogen-bond acceptors (Lipinski definition) is 6. The Bertz CT molecular complexity index is 733. The Morgan fingerprint density at radius 2 is 2.19 bits per heavy atom. The minimum atomic E-state index is -0.0601. The van der Waals surface area contributed by atoms with Crippen LogP contribution in [0.3, 0.4) is 0 Å². The Kier molecular flexibility index (Phi) is 5.19. The molecule has 0 saturated carbocycles. The maximum absolute atomic E-state index is 12.3. The van der Waals surface area contributed by atoms with Gasteiger partial charge in [0.2, 0.25) is 0 Å². The molecule has 4 rings (SSSR count). The van der Waals surface area contributed by atoms with Gasteiger partial charge in [0, 0.05) is 37.6 Å². The van der Waals surface area contributed by atoms with Crippen LogP contribution in [0.5, 0.6) is 5.75 Å². The number of amides is 2. The van der Waals surface area contributed by atoms with Crippen LogP contribution < -0.4 is 15.0 Å². The number of likely N-dealkylation sites (tertiary alicyclic amines) is 1. The predicted molar refractivity (Wildman–Crippen MR) is 101 cm³/mol. The average molecular weight is 373 g/mol. The molecule has 0 unspecified atom stereocenters. The molecule has 26 heavy (non-hydrogen) atoms. The zero-order valence-electron chi connectivity index (χ0n) is 14.6. The first-order valence-electron chi connectivity index (χ1n) is 9.06. The quantitative estimate of drug-likeness (QED) is 0.872. The molecule has 0 spiro atoms. The summed E-state index contributed by atoms with van der Waals surface area (Å²) in [5, 5.41) is 4.87. The second-order valence-electron chi connectivity index (χ2n) is 6.63. The Balaban J connectivity index is 1.32. The fraction of sp³-hybridized carbons (Fsp3) is 0.500. The minimum absolute atomic E-state index is 0.00516. The van der Waals surface area contributed by atoms with E-state index in [-0.39, 0.29) is 12.1 Å². The van der Waals surface area contributed by atoms with Crippen LogP contribution in [-0.4, -0.2) is 53.2 Å². The van der Waals surface area contributed by atoms with E-state index < -0.39 is 0 Å². The molecule has 1 N–H and O–H groups in total. The van der Waals surface area contributed by atoms with Crippen molar-refractivity contribution in [1.29, 1.82) is 0 Å². The molecule has 2 saturated heterocycles. The van der Waals surface area contributed by atoms with Gasteiger partial charge in [-0.3, -0.25) is 0 Å². The van der Waals surface area contributed by atoms with Crippen LogP contribution in [-0.2, 0) is 6.54 Å². The second-order valence-corrected chi connectivity index (χ2v) is 7.35. The molecule has 0 radical (unpaired) electrons. The van der Waals surface area contributed by atoms with Crippen molar-refractivity contribution < 1.29 is 9.53 Å². The van der Waals surface area contributed by atoms with Crippen molar-refractivity contribution in [3.05, 3.63) is 34.9 Å². The summed E-state index contributed by atoms with van der Waals surface area (Å²) in [5.41, 5.74) is 2.66. The number of thiazole rings is 1. The van der Waals surface area contributed by atoms with Crippen molar-refractivity contribution >= 4 is 23.2 Å². The molecule has 7 nitrogen and oxygen atoms in total. The van der Waals surface area contributed by atoms with Crippen molar-refractivity contribution in [3.63, 3.8) is 0 Å². The van der Waals surface area contributed by atoms with E-state index in [9.17, 15) is 4.79 Å². The SMILES string of the molecule is O=C(NCc1cscn1)N1CC[C@H](Oc2cccnc2N2CCCC2)C1. The van der Waals surface area contributed by atoms with Gasteiger partial charge in [0.05, 0.1) is 24.3 Å². The van der Waals surface area contributed by atoms with Crippen LogP contribution in [0.15, 0.2) is 29.2 Å². The summed E-state index contributed by atoms with van der Waals surface area (Å²) in [7, 11) is 0. The van der Waals surface area contributed by atoms with Crippen molar-refractivity contribution in [1.82, 2.24) is 20.2 Å². The van der Waals surface area contributed by atoms with E-state index in [2.05, 4.69) is 20.2 Å². The van der Waals surface area contributed by atoms with Gasteiger partial charge in [-0.2, -0.15) is 0 Å². The van der Waals surface area contributed by atoms with E-state index in [1.54, 1.807) is 5.51 Å². The second kappa shape index (κ2) is 7.90. The van der Waals surface area contributed by atoms with E-state index in [0.29, 0.717) is 19.6 Å². The first-order valence-corrected chi connectivity index (χ1v) is 10.0. The highest BCUT2D eigenvalue weighted by Gasteiger charge is 2.29. The van der Waals surface area contributed by atoms with Crippen molar-refractivity contribution in [2.45, 2.75) is 31.9 Å². The molecule has 2 aromatic heterocycles. The van der Waals surface area contributed by atoms with Crippen LogP contribution in [0, 0.1) is 0 Å². The summed E-state index contributed by atoms with van der Waals surface area (Å²) in [6.45, 7) is 3.82. The number of anilines is 1. The van der Waals surface area contributed by atoms with Gasteiger partial charge in [0.25, 0.3) is 0 Å². The molecule has 1 atom stereocenters. The largest absolute Gasteiger partial charge is 0.485 e. The topological polar surface area (TPSA) is 70.6 Å². The van der Waals surface area contributed by atoms with Crippen LogP contribution in [0.25, 0.3) is 0 Å². The molecule has 0 bridgehead atoms. The molecule has 0 aromatic carbocycles. The molecule has 2 aliphatic heterocycles. The number of pyridine rings is 1. The molecule has 0 aliphatic carbocycles. The highest BCUT2D eigenvalue weighted by atomic mass is 32.1. The number of nitrogens with zero attached hydrogens (tertiary/aromatic N) is 4. The number of hydrogen-bond donors (Lipinski definition) is 1. The number of ether oxygens (including phenoxy) is 1. The lowest BCUT2D eigenvalue weighted by Gasteiger charge is -2.22. The molecule has 2 fully saturated rings. The zero-order valence-corrected chi connectivity index (χ0v) is 15.5. The van der Waals surface area contributed by atoms with E-state index in [1.807, 2.05) is 28.6 Å². The Hall–Kier alpha value is -2.35. The fourth-order valence-corrected chi connectivity index (χ4v) is 3.99. The van der Waals surface area contributed by atoms with E-state index in [1.165, 1.54) is 24.2 Å². The van der Waals surface area contributed by atoms with Gasteiger partial charge < -0.3 is 19.9 Å². The molecule has 4 heterocycles. The maximum atomic E-state index is 12.3. The van der Waals surface area contributed by atoms with E-state index in [4.69, 9.17) is 4.74 Å². The van der Waals surface area contributed by atoms with Gasteiger partial charge in [-0.25, -0.2) is 14.8 Å². The number of urea groups is 1. The Morgan fingerprint density at radius 3 is 3.00 bits per heavy atom. The summed E-state index contributed by atoms with van der Waals surface area (Å²) >= 11 is 1.53. The average Bonchev–Trinajstić information content (AvgIpc) is 3.42. The van der Waals surface area contributed by atoms with Gasteiger partial charge in [0.1, 0.15) is 6.10 Å². The highest BCUT2D eigenvalue weighted by molar-refractivity contribution is 7.07. The summed E-state index contributed by atoms with van der Waals surface area (Å²) < 4.78 is 6.21. The first-order chi connectivity index (χ1) is 12.8. The maximum Gasteiger partial charge on any atom is 0.317 e. The first kappa shape index (κ1) is 17.1. The molecule has 2 aliphatic rings. The van der Waals surface area contributed by atoms with Gasteiger partial charge in [-0.1, -0.05) is 0 Å². The van der Waals surface area contributed by atoms with Gasteiger partial charge in [-0.05, 0) is 25.0 Å². The third-order valence-corrected chi connectivity index (χ3v) is 5.42. The lowest BCUT2D eigenvalue weighted by molar-refractivity contribution is 0.186. The molecular formula is C18H23N5O2S. The Morgan fingerprint density at radius 1 is 1.31 bits per heavy atom. The minimum Gasteiger partial charge on any atom is -0.485 e. The fourth-order valence-electron chi connectivity index (χ4n) is 3.43. The molecule has 8 heteroatoms. The zero-order chi connectivity index (χ0) is 17.8. The van der Waals surface area contributed by atoms with Crippen molar-refractivity contribution in [3.8, 4) is 5.75 Å². The summed E-state index contributed by atoms with van der Waals surface area (Å²) in [6, 6.07) is 3.82.